The van der Waals surface area contributed by atoms with Crippen LogP contribution in [-0.4, -0.2) is 24.2 Å². The second-order valence-corrected chi connectivity index (χ2v) is 9.86. The van der Waals surface area contributed by atoms with E-state index in [-0.39, 0.29) is 16.4 Å². The predicted octanol–water partition coefficient (Wildman–Crippen LogP) is 4.17. The van der Waals surface area contributed by atoms with Crippen molar-refractivity contribution in [3.05, 3.63) is 42.2 Å². The van der Waals surface area contributed by atoms with Gasteiger partial charge in [-0.15, -0.1) is 0 Å². The Morgan fingerprint density at radius 2 is 1.65 bits per heavy atom. The van der Waals surface area contributed by atoms with Crippen molar-refractivity contribution in [2.75, 3.05) is 0 Å². The summed E-state index contributed by atoms with van der Waals surface area (Å²) >= 11 is 0. The van der Waals surface area contributed by atoms with E-state index in [4.69, 9.17) is 0 Å². The molecule has 1 aromatic carbocycles. The topological polar surface area (TPSA) is 64.0 Å². The first-order valence-electron chi connectivity index (χ1n) is 9.45. The van der Waals surface area contributed by atoms with Crippen LogP contribution in [0.5, 0.6) is 0 Å². The van der Waals surface area contributed by atoms with E-state index in [1.165, 1.54) is 12.8 Å². The van der Waals surface area contributed by atoms with Gasteiger partial charge in [-0.2, -0.15) is 5.10 Å². The number of aromatic nitrogens is 2. The summed E-state index contributed by atoms with van der Waals surface area (Å²) in [6.45, 7) is 5.99. The molecule has 0 atom stereocenters. The van der Waals surface area contributed by atoms with Crippen molar-refractivity contribution in [3.63, 3.8) is 0 Å². The molecule has 1 heterocycles. The van der Waals surface area contributed by atoms with Crippen molar-refractivity contribution in [2.45, 2.75) is 75.6 Å². The predicted molar refractivity (Wildman–Crippen MR) is 104 cm³/mol. The van der Waals surface area contributed by atoms with E-state index < -0.39 is 10.0 Å². The van der Waals surface area contributed by atoms with Gasteiger partial charge in [-0.05, 0) is 25.0 Å². The second kappa shape index (κ2) is 7.53. The molecule has 2 aromatic rings. The standard InChI is InChI=1S/C20H29N3O2S/c1-20(2,3)19-18(15-23(21-19)17-13-9-6-10-14-17)26(24,25)22-16-11-7-4-5-8-12-16/h6,9-10,13-16,22H,4-5,7-8,11-12H2,1-3H3. The second-order valence-electron chi connectivity index (χ2n) is 8.18. The fourth-order valence-corrected chi connectivity index (χ4v) is 5.11. The highest BCUT2D eigenvalue weighted by Crippen LogP contribution is 2.29. The maximum Gasteiger partial charge on any atom is 0.244 e. The van der Waals surface area contributed by atoms with Crippen molar-refractivity contribution < 1.29 is 8.42 Å². The van der Waals surface area contributed by atoms with E-state index in [9.17, 15) is 8.42 Å². The van der Waals surface area contributed by atoms with E-state index in [0.717, 1.165) is 31.4 Å². The Morgan fingerprint density at radius 1 is 1.04 bits per heavy atom. The Balaban J connectivity index is 1.97. The molecule has 6 heteroatoms. The van der Waals surface area contributed by atoms with Crippen LogP contribution in [0.1, 0.15) is 65.0 Å². The van der Waals surface area contributed by atoms with Crippen LogP contribution in [0.25, 0.3) is 5.69 Å². The molecule has 26 heavy (non-hydrogen) atoms. The first kappa shape index (κ1) is 19.1. The molecule has 0 amide bonds. The van der Waals surface area contributed by atoms with Gasteiger partial charge >= 0.3 is 0 Å². The average molecular weight is 376 g/mol. The monoisotopic (exact) mass is 375 g/mol. The molecule has 1 aliphatic carbocycles. The Kier molecular flexibility index (Phi) is 5.53. The van der Waals surface area contributed by atoms with Gasteiger partial charge in [0.05, 0.1) is 17.6 Å². The Morgan fingerprint density at radius 3 is 2.23 bits per heavy atom. The van der Waals surface area contributed by atoms with Gasteiger partial charge in [0.2, 0.25) is 10.0 Å². The Hall–Kier alpha value is -1.66. The molecule has 1 aliphatic rings. The van der Waals surface area contributed by atoms with Gasteiger partial charge in [-0.1, -0.05) is 64.7 Å². The highest BCUT2D eigenvalue weighted by molar-refractivity contribution is 7.89. The first-order chi connectivity index (χ1) is 12.3. The van der Waals surface area contributed by atoms with Crippen LogP contribution in [0, 0.1) is 0 Å². The van der Waals surface area contributed by atoms with Crippen molar-refractivity contribution in [1.29, 1.82) is 0 Å². The number of nitrogens with zero attached hydrogens (tertiary/aromatic N) is 2. The van der Waals surface area contributed by atoms with Crippen LogP contribution in [0.2, 0.25) is 0 Å². The minimum absolute atomic E-state index is 0.0235. The van der Waals surface area contributed by atoms with Crippen molar-refractivity contribution in [1.82, 2.24) is 14.5 Å². The van der Waals surface area contributed by atoms with Gasteiger partial charge in [0.15, 0.2) is 0 Å². The maximum atomic E-state index is 13.2. The molecule has 0 aliphatic heterocycles. The minimum atomic E-state index is -3.61. The molecule has 0 spiro atoms. The molecule has 3 rings (SSSR count). The summed E-state index contributed by atoms with van der Waals surface area (Å²) in [6.07, 6.45) is 8.03. The van der Waals surface area contributed by atoms with E-state index >= 15 is 0 Å². The molecule has 1 saturated carbocycles. The number of para-hydroxylation sites is 1. The van der Waals surface area contributed by atoms with Gasteiger partial charge < -0.3 is 0 Å². The molecule has 5 nitrogen and oxygen atoms in total. The summed E-state index contributed by atoms with van der Waals surface area (Å²) in [5, 5.41) is 4.63. The fraction of sp³-hybridized carbons (Fsp3) is 0.550. The summed E-state index contributed by atoms with van der Waals surface area (Å²) in [7, 11) is -3.61. The van der Waals surface area contributed by atoms with Crippen LogP contribution < -0.4 is 4.72 Å². The van der Waals surface area contributed by atoms with Gasteiger partial charge in [0, 0.05) is 11.5 Å². The third-order valence-corrected chi connectivity index (χ3v) is 6.40. The van der Waals surface area contributed by atoms with Crippen LogP contribution in [-0.2, 0) is 15.4 Å². The zero-order valence-electron chi connectivity index (χ0n) is 15.9. The van der Waals surface area contributed by atoms with Gasteiger partial charge in [0.1, 0.15) is 4.90 Å². The maximum absolute atomic E-state index is 13.2. The Bertz CT molecular complexity index is 828. The third kappa shape index (κ3) is 4.35. The highest BCUT2D eigenvalue weighted by atomic mass is 32.2. The largest absolute Gasteiger partial charge is 0.244 e. The number of sulfonamides is 1. The molecule has 1 aromatic heterocycles. The number of nitrogens with one attached hydrogen (secondary N) is 1. The lowest BCUT2D eigenvalue weighted by Crippen LogP contribution is -2.35. The number of hydrogen-bond donors (Lipinski definition) is 1. The summed E-state index contributed by atoms with van der Waals surface area (Å²) in [6, 6.07) is 9.65. The lowest BCUT2D eigenvalue weighted by molar-refractivity contribution is 0.503. The molecule has 1 N–H and O–H groups in total. The zero-order chi connectivity index (χ0) is 18.8. The fourth-order valence-electron chi connectivity index (χ4n) is 3.47. The van der Waals surface area contributed by atoms with Crippen molar-refractivity contribution >= 4 is 10.0 Å². The van der Waals surface area contributed by atoms with Crippen LogP contribution in [0.3, 0.4) is 0 Å². The van der Waals surface area contributed by atoms with Crippen LogP contribution in [0.4, 0.5) is 0 Å². The van der Waals surface area contributed by atoms with E-state index in [0.29, 0.717) is 5.69 Å². The molecule has 0 unspecified atom stereocenters. The summed E-state index contributed by atoms with van der Waals surface area (Å²) in [5.74, 6) is 0. The smallest absolute Gasteiger partial charge is 0.239 e. The summed E-state index contributed by atoms with van der Waals surface area (Å²) < 4.78 is 30.9. The number of hydrogen-bond acceptors (Lipinski definition) is 3. The molecule has 0 bridgehead atoms. The van der Waals surface area contributed by atoms with Crippen LogP contribution in [0.15, 0.2) is 41.4 Å². The quantitative estimate of drug-likeness (QED) is 0.816. The third-order valence-electron chi connectivity index (χ3n) is 4.88. The first-order valence-corrected chi connectivity index (χ1v) is 10.9. The lowest BCUT2D eigenvalue weighted by atomic mass is 9.92. The molecular formula is C20H29N3O2S. The van der Waals surface area contributed by atoms with Gasteiger partial charge in [-0.25, -0.2) is 17.8 Å². The minimum Gasteiger partial charge on any atom is -0.239 e. The van der Waals surface area contributed by atoms with Crippen molar-refractivity contribution in [2.24, 2.45) is 0 Å². The Labute approximate surface area is 156 Å². The van der Waals surface area contributed by atoms with Gasteiger partial charge in [-0.3, -0.25) is 0 Å². The molecule has 1 fully saturated rings. The average Bonchev–Trinajstić information content (AvgIpc) is 2.91. The van der Waals surface area contributed by atoms with E-state index in [2.05, 4.69) is 9.82 Å². The summed E-state index contributed by atoms with van der Waals surface area (Å²) in [5.41, 5.74) is 1.09. The van der Waals surface area contributed by atoms with E-state index in [1.807, 2.05) is 51.1 Å². The number of benzene rings is 1. The van der Waals surface area contributed by atoms with Crippen molar-refractivity contribution in [3.8, 4) is 5.69 Å². The molecule has 142 valence electrons. The zero-order valence-corrected chi connectivity index (χ0v) is 16.7. The van der Waals surface area contributed by atoms with E-state index in [1.54, 1.807) is 10.9 Å². The highest BCUT2D eigenvalue weighted by Gasteiger charge is 2.31. The summed E-state index contributed by atoms with van der Waals surface area (Å²) in [4.78, 5) is 0.290. The van der Waals surface area contributed by atoms with Crippen LogP contribution >= 0.6 is 0 Å². The lowest BCUT2D eigenvalue weighted by Gasteiger charge is -2.20. The molecule has 0 saturated heterocycles. The number of rotatable bonds is 4. The van der Waals surface area contributed by atoms with Gasteiger partial charge in [0.25, 0.3) is 0 Å². The molecular weight excluding hydrogens is 346 g/mol. The normalized spacial score (nSPS) is 17.2. The SMILES string of the molecule is CC(C)(C)c1nn(-c2ccccc2)cc1S(=O)(=O)NC1CCCCCC1. The molecule has 0 radical (unpaired) electrons.